The van der Waals surface area contributed by atoms with Crippen molar-refractivity contribution in [3.05, 3.63) is 76.1 Å². The van der Waals surface area contributed by atoms with E-state index in [1.165, 1.54) is 18.3 Å². The predicted molar refractivity (Wildman–Crippen MR) is 109 cm³/mol. The number of rotatable bonds is 3. The van der Waals surface area contributed by atoms with Gasteiger partial charge in [0.1, 0.15) is 4.88 Å². The van der Waals surface area contributed by atoms with Crippen LogP contribution < -0.4 is 5.32 Å². The molecule has 0 atom stereocenters. The number of amides is 1. The van der Waals surface area contributed by atoms with E-state index in [0.717, 1.165) is 20.9 Å². The topological polar surface area (TPSA) is 46.2 Å². The summed E-state index contributed by atoms with van der Waals surface area (Å²) in [5, 5.41) is 6.31. The molecule has 0 aliphatic carbocycles. The fraction of sp³-hybridized carbons (Fsp3) is 0.0476. The molecule has 0 saturated carbocycles. The first-order valence-corrected chi connectivity index (χ1v) is 9.26. The molecule has 1 amide bonds. The Labute approximate surface area is 159 Å². The van der Waals surface area contributed by atoms with Crippen LogP contribution in [-0.4, -0.2) is 11.7 Å². The highest BCUT2D eigenvalue weighted by Gasteiger charge is 2.19. The van der Waals surface area contributed by atoms with Gasteiger partial charge < -0.3 is 5.32 Å². The lowest BCUT2D eigenvalue weighted by Gasteiger charge is -2.05. The van der Waals surface area contributed by atoms with E-state index in [4.69, 9.17) is 11.6 Å². The Morgan fingerprint density at radius 2 is 1.81 bits per heavy atom. The van der Waals surface area contributed by atoms with Crippen molar-refractivity contribution in [1.82, 2.24) is 0 Å². The van der Waals surface area contributed by atoms with Crippen LogP contribution in [0.25, 0.3) is 20.9 Å². The van der Waals surface area contributed by atoms with Crippen LogP contribution in [-0.2, 0) is 0 Å². The van der Waals surface area contributed by atoms with Crippen molar-refractivity contribution in [2.24, 2.45) is 0 Å². The summed E-state index contributed by atoms with van der Waals surface area (Å²) in [6, 6.07) is 18.9. The molecule has 0 unspecified atom stereocenters. The lowest BCUT2D eigenvalue weighted by molar-refractivity contribution is 0.101. The lowest BCUT2D eigenvalue weighted by Crippen LogP contribution is -2.11. The zero-order valence-electron chi connectivity index (χ0n) is 13.9. The molecular weight excluding hydrogens is 366 g/mol. The van der Waals surface area contributed by atoms with Crippen LogP contribution in [0.15, 0.2) is 60.7 Å². The largest absolute Gasteiger partial charge is 0.321 e. The van der Waals surface area contributed by atoms with Crippen molar-refractivity contribution in [2.75, 3.05) is 5.32 Å². The first-order valence-electron chi connectivity index (χ1n) is 8.06. The predicted octanol–water partition coefficient (Wildman–Crippen LogP) is 6.16. The number of hydrogen-bond donors (Lipinski definition) is 1. The lowest BCUT2D eigenvalue weighted by atomic mass is 10.1. The summed E-state index contributed by atoms with van der Waals surface area (Å²) >= 11 is 7.94. The SMILES string of the molecule is CC(=O)c1cccc(NC(=O)c2sc3ccc4ccccc4c3c2Cl)c1. The van der Waals surface area contributed by atoms with E-state index in [-0.39, 0.29) is 11.7 Å². The molecule has 0 radical (unpaired) electrons. The van der Waals surface area contributed by atoms with Crippen LogP contribution in [0.2, 0.25) is 5.02 Å². The van der Waals surface area contributed by atoms with Crippen molar-refractivity contribution < 1.29 is 9.59 Å². The maximum absolute atomic E-state index is 12.8. The van der Waals surface area contributed by atoms with Crippen LogP contribution in [0.3, 0.4) is 0 Å². The molecule has 0 saturated heterocycles. The molecular formula is C21H14ClNO2S. The minimum Gasteiger partial charge on any atom is -0.321 e. The molecule has 128 valence electrons. The second-order valence-electron chi connectivity index (χ2n) is 6.00. The zero-order chi connectivity index (χ0) is 18.3. The number of carbonyl (C=O) groups is 2. The average molecular weight is 380 g/mol. The van der Waals surface area contributed by atoms with Gasteiger partial charge in [0.15, 0.2) is 5.78 Å². The van der Waals surface area contributed by atoms with Gasteiger partial charge in [-0.15, -0.1) is 11.3 Å². The molecule has 0 spiro atoms. The third-order valence-corrected chi connectivity index (χ3v) is 5.90. The van der Waals surface area contributed by atoms with Crippen molar-refractivity contribution in [1.29, 1.82) is 0 Å². The second-order valence-corrected chi connectivity index (χ2v) is 7.43. The summed E-state index contributed by atoms with van der Waals surface area (Å²) in [5.74, 6) is -0.326. The van der Waals surface area contributed by atoms with E-state index in [1.54, 1.807) is 24.3 Å². The summed E-state index contributed by atoms with van der Waals surface area (Å²) in [5.41, 5.74) is 1.12. The number of hydrogen-bond acceptors (Lipinski definition) is 3. The molecule has 0 fully saturated rings. The molecule has 4 rings (SSSR count). The Morgan fingerprint density at radius 3 is 2.62 bits per heavy atom. The van der Waals surface area contributed by atoms with Crippen LogP contribution in [0.1, 0.15) is 27.0 Å². The maximum Gasteiger partial charge on any atom is 0.267 e. The molecule has 1 heterocycles. The Kier molecular flexibility index (Phi) is 4.23. The average Bonchev–Trinajstić information content (AvgIpc) is 2.99. The van der Waals surface area contributed by atoms with Crippen molar-refractivity contribution in [3.8, 4) is 0 Å². The number of fused-ring (bicyclic) bond motifs is 3. The molecule has 3 aromatic carbocycles. The van der Waals surface area contributed by atoms with Crippen LogP contribution in [0.4, 0.5) is 5.69 Å². The normalized spacial score (nSPS) is 11.0. The van der Waals surface area contributed by atoms with Gasteiger partial charge >= 0.3 is 0 Å². The van der Waals surface area contributed by atoms with E-state index < -0.39 is 0 Å². The molecule has 26 heavy (non-hydrogen) atoms. The number of thiophene rings is 1. The highest BCUT2D eigenvalue weighted by atomic mass is 35.5. The number of halogens is 1. The van der Waals surface area contributed by atoms with Gasteiger partial charge in [-0.25, -0.2) is 0 Å². The van der Waals surface area contributed by atoms with Gasteiger partial charge in [-0.05, 0) is 35.9 Å². The number of Topliss-reactive ketones (excluding diaryl/α,β-unsaturated/α-hetero) is 1. The molecule has 0 aliphatic heterocycles. The smallest absolute Gasteiger partial charge is 0.267 e. The van der Waals surface area contributed by atoms with Gasteiger partial charge in [-0.2, -0.15) is 0 Å². The number of nitrogens with one attached hydrogen (secondary N) is 1. The molecule has 5 heteroatoms. The second kappa shape index (κ2) is 6.56. The van der Waals surface area contributed by atoms with Crippen molar-refractivity contribution in [3.63, 3.8) is 0 Å². The van der Waals surface area contributed by atoms with Crippen LogP contribution in [0, 0.1) is 0 Å². The highest BCUT2D eigenvalue weighted by Crippen LogP contribution is 2.40. The maximum atomic E-state index is 12.8. The zero-order valence-corrected chi connectivity index (χ0v) is 15.4. The monoisotopic (exact) mass is 379 g/mol. The molecule has 3 nitrogen and oxygen atoms in total. The molecule has 4 aromatic rings. The first kappa shape index (κ1) is 16.8. The molecule has 0 aliphatic rings. The number of ketones is 1. The van der Waals surface area contributed by atoms with E-state index >= 15 is 0 Å². The molecule has 0 bridgehead atoms. The quantitative estimate of drug-likeness (QED) is 0.433. The van der Waals surface area contributed by atoms with Crippen molar-refractivity contribution in [2.45, 2.75) is 6.92 Å². The van der Waals surface area contributed by atoms with Gasteiger partial charge in [0.2, 0.25) is 0 Å². The van der Waals surface area contributed by atoms with E-state index in [1.807, 2.05) is 36.4 Å². The summed E-state index contributed by atoms with van der Waals surface area (Å²) in [6.07, 6.45) is 0. The van der Waals surface area contributed by atoms with Gasteiger partial charge in [-0.3, -0.25) is 9.59 Å². The first-order chi connectivity index (χ1) is 12.5. The standard InChI is InChI=1S/C21H14ClNO2S/c1-12(24)14-6-4-7-15(11-14)23-21(25)20-19(22)18-16-8-3-2-5-13(16)9-10-17(18)26-20/h2-11H,1H3,(H,23,25). The van der Waals surface area contributed by atoms with Gasteiger partial charge in [-0.1, -0.05) is 54.1 Å². The van der Waals surface area contributed by atoms with Crippen LogP contribution in [0.5, 0.6) is 0 Å². The Hall–Kier alpha value is -2.69. The number of benzene rings is 3. The third kappa shape index (κ3) is 2.87. The van der Waals surface area contributed by atoms with Crippen molar-refractivity contribution >= 4 is 61.2 Å². The number of anilines is 1. The van der Waals surface area contributed by atoms with E-state index in [2.05, 4.69) is 5.32 Å². The van der Waals surface area contributed by atoms with Gasteiger partial charge in [0.05, 0.1) is 5.02 Å². The Bertz CT molecular complexity index is 1180. The Balaban J connectivity index is 1.76. The van der Waals surface area contributed by atoms with Gasteiger partial charge in [0, 0.05) is 21.3 Å². The number of carbonyl (C=O) groups excluding carboxylic acids is 2. The highest BCUT2D eigenvalue weighted by molar-refractivity contribution is 7.22. The fourth-order valence-corrected chi connectivity index (χ4v) is 4.45. The molecule has 1 N–H and O–H groups in total. The summed E-state index contributed by atoms with van der Waals surface area (Å²) in [7, 11) is 0. The van der Waals surface area contributed by atoms with Crippen LogP contribution >= 0.6 is 22.9 Å². The summed E-state index contributed by atoms with van der Waals surface area (Å²) in [6.45, 7) is 1.49. The fourth-order valence-electron chi connectivity index (χ4n) is 2.98. The minimum absolute atomic E-state index is 0.0486. The molecule has 1 aromatic heterocycles. The van der Waals surface area contributed by atoms with E-state index in [0.29, 0.717) is 21.2 Å². The summed E-state index contributed by atoms with van der Waals surface area (Å²) in [4.78, 5) is 24.7. The van der Waals surface area contributed by atoms with Gasteiger partial charge in [0.25, 0.3) is 5.91 Å². The minimum atomic E-state index is -0.277. The third-order valence-electron chi connectivity index (χ3n) is 4.25. The van der Waals surface area contributed by atoms with E-state index in [9.17, 15) is 9.59 Å². The summed E-state index contributed by atoms with van der Waals surface area (Å²) < 4.78 is 0.969. The Morgan fingerprint density at radius 1 is 1.00 bits per heavy atom.